The number of aryl methyl sites for hydroxylation is 1. The van der Waals surface area contributed by atoms with Gasteiger partial charge in [0.15, 0.2) is 5.78 Å². The van der Waals surface area contributed by atoms with Crippen molar-refractivity contribution in [2.45, 2.75) is 39.2 Å². The van der Waals surface area contributed by atoms with E-state index >= 15 is 0 Å². The zero-order valence-electron chi connectivity index (χ0n) is 19.5. The Kier molecular flexibility index (Phi) is 7.63. The smallest absolute Gasteiger partial charge is 0.256 e. The van der Waals surface area contributed by atoms with Crippen LogP contribution in [0.3, 0.4) is 0 Å². The Labute approximate surface area is 203 Å². The molecule has 0 aliphatic carbocycles. The summed E-state index contributed by atoms with van der Waals surface area (Å²) in [6, 6.07) is 8.06. The second-order valence-corrected chi connectivity index (χ2v) is 9.39. The molecule has 1 aliphatic heterocycles. The molecule has 8 heteroatoms. The minimum atomic E-state index is -0.588. The number of methoxy groups -OCH3 is 1. The quantitative estimate of drug-likeness (QED) is 0.321. The van der Waals surface area contributed by atoms with Crippen LogP contribution in [0, 0.1) is 18.7 Å². The Morgan fingerprint density at radius 2 is 1.94 bits per heavy atom. The summed E-state index contributed by atoms with van der Waals surface area (Å²) in [7, 11) is 1.64. The molecule has 1 fully saturated rings. The fourth-order valence-corrected chi connectivity index (χ4v) is 4.71. The number of ether oxygens (including phenoxy) is 1. The fraction of sp³-hybridized carbons (Fsp3) is 0.423. The summed E-state index contributed by atoms with van der Waals surface area (Å²) in [6.45, 7) is 4.40. The zero-order chi connectivity index (χ0) is 24.2. The van der Waals surface area contributed by atoms with Crippen LogP contribution in [0.25, 0.3) is 10.9 Å². The van der Waals surface area contributed by atoms with Crippen LogP contribution >= 0.6 is 11.6 Å². The van der Waals surface area contributed by atoms with Crippen molar-refractivity contribution in [3.63, 3.8) is 0 Å². The maximum absolute atomic E-state index is 14.1. The van der Waals surface area contributed by atoms with Gasteiger partial charge in [-0.1, -0.05) is 11.6 Å². The number of amides is 1. The van der Waals surface area contributed by atoms with Gasteiger partial charge in [-0.3, -0.25) is 14.3 Å². The molecule has 6 nitrogen and oxygen atoms in total. The van der Waals surface area contributed by atoms with Gasteiger partial charge < -0.3 is 9.64 Å². The molecule has 2 heterocycles. The first-order chi connectivity index (χ1) is 16.4. The highest BCUT2D eigenvalue weighted by Gasteiger charge is 2.26. The van der Waals surface area contributed by atoms with Crippen molar-refractivity contribution in [2.24, 2.45) is 5.92 Å². The molecular weight excluding hydrogens is 457 g/mol. The van der Waals surface area contributed by atoms with Crippen molar-refractivity contribution >= 4 is 34.2 Å². The van der Waals surface area contributed by atoms with Gasteiger partial charge in [0.25, 0.3) is 5.91 Å². The lowest BCUT2D eigenvalue weighted by atomic mass is 9.96. The molecule has 0 unspecified atom stereocenters. The summed E-state index contributed by atoms with van der Waals surface area (Å²) in [5, 5.41) is 5.93. The summed E-state index contributed by atoms with van der Waals surface area (Å²) in [5.74, 6) is -0.395. The van der Waals surface area contributed by atoms with Crippen LogP contribution in [-0.4, -0.2) is 53.2 Å². The molecule has 1 saturated heterocycles. The number of aromatic nitrogens is 2. The van der Waals surface area contributed by atoms with Crippen molar-refractivity contribution in [2.75, 3.05) is 26.8 Å². The van der Waals surface area contributed by atoms with E-state index in [9.17, 15) is 14.0 Å². The van der Waals surface area contributed by atoms with Gasteiger partial charge in [-0.05, 0) is 68.0 Å². The average molecular weight is 486 g/mol. The highest BCUT2D eigenvalue weighted by Crippen LogP contribution is 2.25. The Balaban J connectivity index is 1.38. The number of carbonyl (C=O) groups excluding carboxylic acids is 2. The molecule has 0 radical (unpaired) electrons. The van der Waals surface area contributed by atoms with Crippen LogP contribution in [0.1, 0.15) is 52.0 Å². The molecule has 0 spiro atoms. The largest absolute Gasteiger partial charge is 0.385 e. The van der Waals surface area contributed by atoms with Crippen LogP contribution in [0.2, 0.25) is 5.02 Å². The van der Waals surface area contributed by atoms with Crippen molar-refractivity contribution in [3.8, 4) is 0 Å². The van der Waals surface area contributed by atoms with E-state index in [-0.39, 0.29) is 22.3 Å². The average Bonchev–Trinajstić information content (AvgIpc) is 3.19. The molecular formula is C26H29ClFN3O3. The summed E-state index contributed by atoms with van der Waals surface area (Å²) in [6.07, 6.45) is 4.80. The second kappa shape index (κ2) is 10.7. The Hall–Kier alpha value is -2.77. The number of carbonyl (C=O) groups is 2. The van der Waals surface area contributed by atoms with Crippen molar-refractivity contribution in [3.05, 3.63) is 64.1 Å². The molecule has 4 rings (SSSR count). The number of ketones is 1. The summed E-state index contributed by atoms with van der Waals surface area (Å²) in [4.78, 5) is 27.0. The highest BCUT2D eigenvalue weighted by molar-refractivity contribution is 6.30. The standard InChI is InChI=1S/C26H29ClFN3O3/c1-17-12-24-19(13-22(17)25(32)4-3-11-34-2)16-31(29-24)15-18-7-9-30(10-8-18)26(33)21-6-5-20(27)14-23(21)28/h5-6,12-14,16,18H,3-4,7-11,15H2,1-2H3. The summed E-state index contributed by atoms with van der Waals surface area (Å²) in [5.41, 5.74) is 2.60. The maximum atomic E-state index is 14.1. The molecule has 0 saturated carbocycles. The van der Waals surface area contributed by atoms with E-state index in [0.29, 0.717) is 38.5 Å². The Bertz CT molecular complexity index is 1200. The molecule has 3 aromatic rings. The van der Waals surface area contributed by atoms with Crippen LogP contribution in [0.15, 0.2) is 36.5 Å². The normalized spacial score (nSPS) is 14.6. The van der Waals surface area contributed by atoms with Crippen molar-refractivity contribution < 1.29 is 18.7 Å². The molecule has 0 N–H and O–H groups in total. The van der Waals surface area contributed by atoms with Crippen molar-refractivity contribution in [1.29, 1.82) is 0 Å². The zero-order valence-corrected chi connectivity index (χ0v) is 20.3. The Morgan fingerprint density at radius 3 is 2.65 bits per heavy atom. The van der Waals surface area contributed by atoms with Gasteiger partial charge in [-0.2, -0.15) is 5.10 Å². The lowest BCUT2D eigenvalue weighted by Crippen LogP contribution is -2.39. The predicted octanol–water partition coefficient (Wildman–Crippen LogP) is 5.30. The number of piperidine rings is 1. The van der Waals surface area contributed by atoms with Crippen LogP contribution in [0.4, 0.5) is 4.39 Å². The third-order valence-corrected chi connectivity index (χ3v) is 6.69. The SMILES string of the molecule is COCCCC(=O)c1cc2cn(CC3CCN(C(=O)c4ccc(Cl)cc4F)CC3)nc2cc1C. The Morgan fingerprint density at radius 1 is 1.18 bits per heavy atom. The van der Waals surface area contributed by atoms with Crippen molar-refractivity contribution in [1.82, 2.24) is 14.7 Å². The van der Waals surface area contributed by atoms with E-state index in [1.54, 1.807) is 12.0 Å². The lowest BCUT2D eigenvalue weighted by Gasteiger charge is -2.32. The summed E-state index contributed by atoms with van der Waals surface area (Å²) < 4.78 is 21.1. The first kappa shape index (κ1) is 24.4. The van der Waals surface area contributed by atoms with Crippen LogP contribution < -0.4 is 0 Å². The lowest BCUT2D eigenvalue weighted by molar-refractivity contribution is 0.0676. The van der Waals surface area contributed by atoms with E-state index in [2.05, 4.69) is 0 Å². The topological polar surface area (TPSA) is 64.4 Å². The number of halogens is 2. The molecule has 2 aromatic carbocycles. The third-order valence-electron chi connectivity index (χ3n) is 6.46. The van der Waals surface area contributed by atoms with E-state index in [0.717, 1.165) is 41.4 Å². The monoisotopic (exact) mass is 485 g/mol. The van der Waals surface area contributed by atoms with E-state index in [1.807, 2.05) is 29.9 Å². The van der Waals surface area contributed by atoms with E-state index in [1.165, 1.54) is 18.2 Å². The number of rotatable bonds is 8. The molecule has 0 atom stereocenters. The minimum absolute atomic E-state index is 0.0594. The first-order valence-corrected chi connectivity index (χ1v) is 12.0. The molecule has 1 aliphatic rings. The number of hydrogen-bond acceptors (Lipinski definition) is 4. The highest BCUT2D eigenvalue weighted by atomic mass is 35.5. The molecule has 180 valence electrons. The van der Waals surface area contributed by atoms with Crippen LogP contribution in [-0.2, 0) is 11.3 Å². The van der Waals surface area contributed by atoms with E-state index in [4.69, 9.17) is 21.4 Å². The number of benzene rings is 2. The van der Waals surface area contributed by atoms with Gasteiger partial charge in [-0.25, -0.2) is 4.39 Å². The fourth-order valence-electron chi connectivity index (χ4n) is 4.55. The molecule has 1 aromatic heterocycles. The maximum Gasteiger partial charge on any atom is 0.256 e. The van der Waals surface area contributed by atoms with Gasteiger partial charge in [0, 0.05) is 61.9 Å². The van der Waals surface area contributed by atoms with Gasteiger partial charge >= 0.3 is 0 Å². The first-order valence-electron chi connectivity index (χ1n) is 11.6. The number of likely N-dealkylation sites (tertiary alicyclic amines) is 1. The van der Waals surface area contributed by atoms with Gasteiger partial charge in [0.2, 0.25) is 0 Å². The van der Waals surface area contributed by atoms with Gasteiger partial charge in [-0.15, -0.1) is 0 Å². The number of fused-ring (bicyclic) bond motifs is 1. The minimum Gasteiger partial charge on any atom is -0.385 e. The molecule has 34 heavy (non-hydrogen) atoms. The summed E-state index contributed by atoms with van der Waals surface area (Å²) >= 11 is 5.80. The van der Waals surface area contributed by atoms with Gasteiger partial charge in [0.05, 0.1) is 11.1 Å². The number of hydrogen-bond donors (Lipinski definition) is 0. The predicted molar refractivity (Wildman–Crippen MR) is 130 cm³/mol. The molecule has 0 bridgehead atoms. The number of nitrogens with zero attached hydrogens (tertiary/aromatic N) is 3. The van der Waals surface area contributed by atoms with E-state index < -0.39 is 5.82 Å². The third kappa shape index (κ3) is 5.47. The van der Waals surface area contributed by atoms with Crippen LogP contribution in [0.5, 0.6) is 0 Å². The van der Waals surface area contributed by atoms with Gasteiger partial charge in [0.1, 0.15) is 5.82 Å². The molecule has 1 amide bonds. The number of Topliss-reactive ketones (excluding diaryl/α,β-unsaturated/α-hetero) is 1. The second-order valence-electron chi connectivity index (χ2n) is 8.96.